The van der Waals surface area contributed by atoms with E-state index in [0.717, 1.165) is 19.3 Å². The maximum atomic E-state index is 12.7. The Morgan fingerprint density at radius 2 is 0.521 bits per heavy atom. The van der Waals surface area contributed by atoms with E-state index in [1.54, 1.807) is 0 Å². The first-order valence-corrected chi connectivity index (χ1v) is 22.9. The van der Waals surface area contributed by atoms with Gasteiger partial charge in [-0.15, -0.1) is 0 Å². The fourth-order valence-electron chi connectivity index (χ4n) is 7.40. The van der Waals surface area contributed by atoms with Crippen molar-refractivity contribution in [1.82, 2.24) is 0 Å². The third-order valence-corrected chi connectivity index (χ3v) is 10.8. The van der Waals surface area contributed by atoms with E-state index in [2.05, 4.69) is 20.8 Å². The molecule has 0 aliphatic rings. The second kappa shape index (κ2) is 42.6. The van der Waals surface area contributed by atoms with Crippen LogP contribution in [0.1, 0.15) is 284 Å². The number of rotatable bonds is 42. The second-order valence-electron chi connectivity index (χ2n) is 15.8. The minimum Gasteiger partial charge on any atom is -0.462 e. The van der Waals surface area contributed by atoms with Crippen molar-refractivity contribution in [1.29, 1.82) is 0 Å². The van der Waals surface area contributed by atoms with Gasteiger partial charge >= 0.3 is 5.97 Å². The highest BCUT2D eigenvalue weighted by molar-refractivity contribution is 5.69. The number of esters is 1. The van der Waals surface area contributed by atoms with E-state index in [-0.39, 0.29) is 12.1 Å². The van der Waals surface area contributed by atoms with Gasteiger partial charge in [-0.25, -0.2) is 0 Å². The second-order valence-corrected chi connectivity index (χ2v) is 15.8. The highest BCUT2D eigenvalue weighted by atomic mass is 16.5. The summed E-state index contributed by atoms with van der Waals surface area (Å²) in [6.45, 7) is 6.87. The molecule has 0 aliphatic heterocycles. The van der Waals surface area contributed by atoms with E-state index in [0.29, 0.717) is 6.42 Å². The molecule has 0 aromatic rings. The van der Waals surface area contributed by atoms with E-state index >= 15 is 0 Å². The predicted molar refractivity (Wildman–Crippen MR) is 216 cm³/mol. The normalized spacial score (nSPS) is 12.1. The van der Waals surface area contributed by atoms with Gasteiger partial charge in [0.2, 0.25) is 0 Å². The number of hydrogen-bond acceptors (Lipinski definition) is 2. The van der Waals surface area contributed by atoms with Crippen LogP contribution in [-0.4, -0.2) is 12.1 Å². The lowest BCUT2D eigenvalue weighted by atomic mass is 10.0. The molecule has 0 heterocycles. The summed E-state index contributed by atoms with van der Waals surface area (Å²) in [6.07, 6.45) is 55.3. The van der Waals surface area contributed by atoms with Crippen molar-refractivity contribution in [3.05, 3.63) is 0 Å². The standard InChI is InChI=1S/C46H92O2/c1-4-7-10-13-16-18-19-20-21-22-23-24-25-26-27-28-29-30-31-33-35-38-41-44-46(47)48-45(42-39-36-15-12-9-6-3)43-40-37-34-32-17-14-11-8-5-2/h45H,4-44H2,1-3H3. The average molecular weight is 677 g/mol. The van der Waals surface area contributed by atoms with Crippen molar-refractivity contribution >= 4 is 5.97 Å². The third-order valence-electron chi connectivity index (χ3n) is 10.8. The number of carbonyl (C=O) groups is 1. The van der Waals surface area contributed by atoms with Crippen LogP contribution in [0.3, 0.4) is 0 Å². The van der Waals surface area contributed by atoms with Crippen molar-refractivity contribution in [2.75, 3.05) is 0 Å². The Morgan fingerprint density at radius 3 is 0.771 bits per heavy atom. The Morgan fingerprint density at radius 1 is 0.312 bits per heavy atom. The molecule has 1 atom stereocenters. The van der Waals surface area contributed by atoms with Gasteiger partial charge in [0.15, 0.2) is 0 Å². The van der Waals surface area contributed by atoms with Gasteiger partial charge in [0.25, 0.3) is 0 Å². The van der Waals surface area contributed by atoms with Crippen LogP contribution in [0.25, 0.3) is 0 Å². The molecule has 1 unspecified atom stereocenters. The first-order valence-electron chi connectivity index (χ1n) is 22.9. The average Bonchev–Trinajstić information content (AvgIpc) is 3.09. The third kappa shape index (κ3) is 39.9. The summed E-state index contributed by atoms with van der Waals surface area (Å²) in [6, 6.07) is 0. The maximum absolute atomic E-state index is 12.7. The van der Waals surface area contributed by atoms with E-state index in [4.69, 9.17) is 4.74 Å². The SMILES string of the molecule is CCCCCCCCCCCCCCCCCCCCCCCCCC(=O)OC(CCCCCCCC)CCCCCCCCCCC. The maximum Gasteiger partial charge on any atom is 0.306 e. The molecule has 0 N–H and O–H groups in total. The number of unbranched alkanes of at least 4 members (excludes halogenated alkanes) is 35. The molecule has 2 nitrogen and oxygen atoms in total. The van der Waals surface area contributed by atoms with Crippen LogP contribution in [0.5, 0.6) is 0 Å². The van der Waals surface area contributed by atoms with E-state index < -0.39 is 0 Å². The van der Waals surface area contributed by atoms with Crippen LogP contribution in [-0.2, 0) is 9.53 Å². The van der Waals surface area contributed by atoms with E-state index in [1.807, 2.05) is 0 Å². The summed E-state index contributed by atoms with van der Waals surface area (Å²) in [5.74, 6) is 0.0744. The summed E-state index contributed by atoms with van der Waals surface area (Å²) in [5, 5.41) is 0. The highest BCUT2D eigenvalue weighted by Gasteiger charge is 2.14. The summed E-state index contributed by atoms with van der Waals surface area (Å²) in [5.41, 5.74) is 0. The molecule has 0 spiro atoms. The van der Waals surface area contributed by atoms with Crippen molar-refractivity contribution in [2.45, 2.75) is 290 Å². The molecule has 0 aromatic heterocycles. The molecule has 0 rings (SSSR count). The van der Waals surface area contributed by atoms with Gasteiger partial charge in [-0.1, -0.05) is 245 Å². The molecular formula is C46H92O2. The topological polar surface area (TPSA) is 26.3 Å². The molecule has 0 saturated heterocycles. The Kier molecular flexibility index (Phi) is 42.2. The molecule has 0 saturated carbocycles. The van der Waals surface area contributed by atoms with Gasteiger partial charge in [0, 0.05) is 6.42 Å². The fourth-order valence-corrected chi connectivity index (χ4v) is 7.40. The minimum absolute atomic E-state index is 0.0744. The van der Waals surface area contributed by atoms with Crippen molar-refractivity contribution in [3.8, 4) is 0 Å². The minimum atomic E-state index is 0.0744. The van der Waals surface area contributed by atoms with Gasteiger partial charge in [-0.2, -0.15) is 0 Å². The Hall–Kier alpha value is -0.530. The smallest absolute Gasteiger partial charge is 0.306 e. The molecule has 48 heavy (non-hydrogen) atoms. The monoisotopic (exact) mass is 677 g/mol. The Bertz CT molecular complexity index is 587. The van der Waals surface area contributed by atoms with Crippen molar-refractivity contribution < 1.29 is 9.53 Å². The lowest BCUT2D eigenvalue weighted by molar-refractivity contribution is -0.150. The van der Waals surface area contributed by atoms with Crippen molar-refractivity contribution in [2.24, 2.45) is 0 Å². The van der Waals surface area contributed by atoms with Crippen LogP contribution >= 0.6 is 0 Å². The van der Waals surface area contributed by atoms with Crippen LogP contribution in [0.4, 0.5) is 0 Å². The molecule has 0 radical (unpaired) electrons. The van der Waals surface area contributed by atoms with Crippen LogP contribution in [0, 0.1) is 0 Å². The summed E-state index contributed by atoms with van der Waals surface area (Å²) >= 11 is 0. The first-order chi connectivity index (χ1) is 23.7. The van der Waals surface area contributed by atoms with Gasteiger partial charge in [0.05, 0.1) is 0 Å². The van der Waals surface area contributed by atoms with Gasteiger partial charge in [-0.3, -0.25) is 4.79 Å². The quantitative estimate of drug-likeness (QED) is 0.0475. The zero-order valence-corrected chi connectivity index (χ0v) is 33.9. The largest absolute Gasteiger partial charge is 0.462 e. The zero-order chi connectivity index (χ0) is 34.9. The highest BCUT2D eigenvalue weighted by Crippen LogP contribution is 2.19. The van der Waals surface area contributed by atoms with E-state index in [9.17, 15) is 4.79 Å². The molecule has 0 aromatic carbocycles. The number of hydrogen-bond donors (Lipinski definition) is 0. The van der Waals surface area contributed by atoms with Crippen molar-refractivity contribution in [3.63, 3.8) is 0 Å². The summed E-state index contributed by atoms with van der Waals surface area (Å²) in [7, 11) is 0. The van der Waals surface area contributed by atoms with Gasteiger partial charge in [-0.05, 0) is 32.1 Å². The molecule has 2 heteroatoms. The predicted octanol–water partition coefficient (Wildman–Crippen LogP) is 17.0. The lowest BCUT2D eigenvalue weighted by Crippen LogP contribution is -2.18. The van der Waals surface area contributed by atoms with Crippen LogP contribution in [0.15, 0.2) is 0 Å². The molecule has 0 aliphatic carbocycles. The summed E-state index contributed by atoms with van der Waals surface area (Å²) < 4.78 is 6.06. The molecule has 0 amide bonds. The fraction of sp³-hybridized carbons (Fsp3) is 0.978. The Labute approximate surface area is 304 Å². The van der Waals surface area contributed by atoms with Crippen LogP contribution < -0.4 is 0 Å². The van der Waals surface area contributed by atoms with E-state index in [1.165, 1.54) is 238 Å². The van der Waals surface area contributed by atoms with Gasteiger partial charge < -0.3 is 4.74 Å². The molecule has 288 valence electrons. The molecule has 0 fully saturated rings. The van der Waals surface area contributed by atoms with Gasteiger partial charge in [0.1, 0.15) is 6.10 Å². The molecular weight excluding hydrogens is 585 g/mol. The first kappa shape index (κ1) is 47.5. The number of carbonyl (C=O) groups excluding carboxylic acids is 1. The summed E-state index contributed by atoms with van der Waals surface area (Å²) in [4.78, 5) is 12.7. The Balaban J connectivity index is 3.67. The molecule has 0 bridgehead atoms. The lowest BCUT2D eigenvalue weighted by Gasteiger charge is -2.18. The zero-order valence-electron chi connectivity index (χ0n) is 33.9. The van der Waals surface area contributed by atoms with Crippen LogP contribution in [0.2, 0.25) is 0 Å². The number of ether oxygens (including phenoxy) is 1.